The molecule has 0 bridgehead atoms. The van der Waals surface area contributed by atoms with Gasteiger partial charge in [-0.15, -0.1) is 11.8 Å². The summed E-state index contributed by atoms with van der Waals surface area (Å²) >= 11 is 1.56. The van der Waals surface area contributed by atoms with Gasteiger partial charge in [0.15, 0.2) is 0 Å². The van der Waals surface area contributed by atoms with Crippen LogP contribution >= 0.6 is 11.8 Å². The SMILES string of the molecule is Oc1cccc(SCc2coc(-c3ccc(F)cc3)n2)c1. The van der Waals surface area contributed by atoms with Crippen molar-refractivity contribution in [3.05, 3.63) is 66.3 Å². The zero-order valence-corrected chi connectivity index (χ0v) is 11.8. The molecule has 3 aromatic rings. The van der Waals surface area contributed by atoms with Gasteiger partial charge < -0.3 is 9.52 Å². The number of oxazole rings is 1. The number of rotatable bonds is 4. The Bertz CT molecular complexity index is 740. The van der Waals surface area contributed by atoms with Crippen LogP contribution in [0.5, 0.6) is 5.75 Å². The van der Waals surface area contributed by atoms with Gasteiger partial charge in [-0.3, -0.25) is 0 Å². The Hall–Kier alpha value is -2.27. The molecule has 0 unspecified atom stereocenters. The summed E-state index contributed by atoms with van der Waals surface area (Å²) in [6.07, 6.45) is 1.59. The van der Waals surface area contributed by atoms with E-state index in [0.29, 0.717) is 11.6 Å². The smallest absolute Gasteiger partial charge is 0.226 e. The Morgan fingerprint density at radius 3 is 2.71 bits per heavy atom. The number of thioether (sulfide) groups is 1. The van der Waals surface area contributed by atoms with E-state index in [1.165, 1.54) is 12.1 Å². The van der Waals surface area contributed by atoms with E-state index in [1.54, 1.807) is 48.4 Å². The predicted molar refractivity (Wildman–Crippen MR) is 79.6 cm³/mol. The predicted octanol–water partition coefficient (Wildman–Crippen LogP) is 4.48. The summed E-state index contributed by atoms with van der Waals surface area (Å²) in [5.74, 6) is 1.06. The van der Waals surface area contributed by atoms with E-state index in [2.05, 4.69) is 4.98 Å². The van der Waals surface area contributed by atoms with Crippen molar-refractivity contribution in [3.8, 4) is 17.2 Å². The maximum absolute atomic E-state index is 12.9. The van der Waals surface area contributed by atoms with Crippen molar-refractivity contribution < 1.29 is 13.9 Å². The van der Waals surface area contributed by atoms with Gasteiger partial charge in [-0.1, -0.05) is 6.07 Å². The van der Waals surface area contributed by atoms with E-state index in [-0.39, 0.29) is 11.6 Å². The molecule has 1 aromatic heterocycles. The molecule has 0 saturated heterocycles. The maximum Gasteiger partial charge on any atom is 0.226 e. The van der Waals surface area contributed by atoms with Crippen LogP contribution in [-0.2, 0) is 5.75 Å². The van der Waals surface area contributed by atoms with Crippen LogP contribution in [0.4, 0.5) is 4.39 Å². The second-order valence-corrected chi connectivity index (χ2v) is 5.49. The van der Waals surface area contributed by atoms with Crippen molar-refractivity contribution in [2.75, 3.05) is 0 Å². The van der Waals surface area contributed by atoms with Crippen LogP contribution in [0.15, 0.2) is 64.1 Å². The first-order valence-corrected chi connectivity index (χ1v) is 7.31. The lowest BCUT2D eigenvalue weighted by Crippen LogP contribution is -1.83. The highest BCUT2D eigenvalue weighted by atomic mass is 32.2. The molecule has 0 aliphatic heterocycles. The zero-order valence-electron chi connectivity index (χ0n) is 11.0. The quantitative estimate of drug-likeness (QED) is 0.722. The molecule has 1 N–H and O–H groups in total. The summed E-state index contributed by atoms with van der Waals surface area (Å²) in [6, 6.07) is 13.1. The molecular formula is C16H12FNO2S. The molecule has 0 amide bonds. The minimum absolute atomic E-state index is 0.243. The number of halogens is 1. The molecular weight excluding hydrogens is 289 g/mol. The van der Waals surface area contributed by atoms with Crippen molar-refractivity contribution in [1.29, 1.82) is 0 Å². The number of benzene rings is 2. The molecule has 0 aliphatic carbocycles. The number of hydrogen-bond donors (Lipinski definition) is 1. The van der Waals surface area contributed by atoms with Gasteiger partial charge in [-0.2, -0.15) is 0 Å². The molecule has 0 spiro atoms. The third kappa shape index (κ3) is 3.44. The summed E-state index contributed by atoms with van der Waals surface area (Å²) < 4.78 is 18.3. The fourth-order valence-corrected chi connectivity index (χ4v) is 2.65. The maximum atomic E-state index is 12.9. The number of phenols is 1. The first-order valence-electron chi connectivity index (χ1n) is 6.33. The Morgan fingerprint density at radius 2 is 1.95 bits per heavy atom. The topological polar surface area (TPSA) is 46.3 Å². The van der Waals surface area contributed by atoms with Gasteiger partial charge in [0.2, 0.25) is 5.89 Å². The molecule has 3 rings (SSSR count). The standard InChI is InChI=1S/C16H12FNO2S/c17-12-6-4-11(5-7-12)16-18-13(9-20-16)10-21-15-3-1-2-14(19)8-15/h1-9,19H,10H2. The van der Waals surface area contributed by atoms with Crippen LogP contribution in [0.25, 0.3) is 11.5 Å². The van der Waals surface area contributed by atoms with Crippen LogP contribution in [0, 0.1) is 5.82 Å². The van der Waals surface area contributed by atoms with Gasteiger partial charge in [0.25, 0.3) is 0 Å². The molecule has 0 atom stereocenters. The summed E-state index contributed by atoms with van der Waals surface area (Å²) in [5.41, 5.74) is 1.53. The first-order chi connectivity index (χ1) is 10.2. The Kier molecular flexibility index (Phi) is 3.92. The van der Waals surface area contributed by atoms with E-state index in [1.807, 2.05) is 6.07 Å². The number of nitrogens with zero attached hydrogens (tertiary/aromatic N) is 1. The van der Waals surface area contributed by atoms with Crippen LogP contribution in [0.3, 0.4) is 0 Å². The summed E-state index contributed by atoms with van der Waals surface area (Å²) in [4.78, 5) is 5.33. The Morgan fingerprint density at radius 1 is 1.14 bits per heavy atom. The normalized spacial score (nSPS) is 10.7. The minimum Gasteiger partial charge on any atom is -0.508 e. The largest absolute Gasteiger partial charge is 0.508 e. The lowest BCUT2D eigenvalue weighted by atomic mass is 10.2. The van der Waals surface area contributed by atoms with Crippen LogP contribution in [0.1, 0.15) is 5.69 Å². The van der Waals surface area contributed by atoms with Gasteiger partial charge in [0.05, 0.1) is 5.69 Å². The second-order valence-electron chi connectivity index (χ2n) is 4.44. The number of aromatic hydroxyl groups is 1. The lowest BCUT2D eigenvalue weighted by Gasteiger charge is -1.99. The molecule has 3 nitrogen and oxygen atoms in total. The van der Waals surface area contributed by atoms with Crippen LogP contribution in [-0.4, -0.2) is 10.1 Å². The number of aromatic nitrogens is 1. The molecule has 21 heavy (non-hydrogen) atoms. The average Bonchev–Trinajstić information content (AvgIpc) is 2.95. The monoisotopic (exact) mass is 301 g/mol. The third-order valence-corrected chi connectivity index (χ3v) is 3.87. The zero-order chi connectivity index (χ0) is 14.7. The van der Waals surface area contributed by atoms with E-state index < -0.39 is 0 Å². The fourth-order valence-electron chi connectivity index (χ4n) is 1.83. The summed E-state index contributed by atoms with van der Waals surface area (Å²) in [6.45, 7) is 0. The molecule has 5 heteroatoms. The Balaban J connectivity index is 1.69. The Labute approximate surface area is 125 Å². The molecule has 0 aliphatic rings. The van der Waals surface area contributed by atoms with Crippen molar-refractivity contribution in [1.82, 2.24) is 4.98 Å². The molecule has 0 fully saturated rings. The van der Waals surface area contributed by atoms with Crippen LogP contribution in [0.2, 0.25) is 0 Å². The van der Waals surface area contributed by atoms with E-state index in [9.17, 15) is 9.50 Å². The summed E-state index contributed by atoms with van der Waals surface area (Å²) in [5, 5.41) is 9.41. The van der Waals surface area contributed by atoms with E-state index in [4.69, 9.17) is 4.42 Å². The molecule has 106 valence electrons. The molecule has 1 heterocycles. The number of phenolic OH excluding ortho intramolecular Hbond substituents is 1. The van der Waals surface area contributed by atoms with Crippen molar-refractivity contribution in [3.63, 3.8) is 0 Å². The summed E-state index contributed by atoms with van der Waals surface area (Å²) in [7, 11) is 0. The molecule has 0 radical (unpaired) electrons. The van der Waals surface area contributed by atoms with Gasteiger partial charge >= 0.3 is 0 Å². The van der Waals surface area contributed by atoms with Crippen LogP contribution < -0.4 is 0 Å². The second kappa shape index (κ2) is 6.01. The highest BCUT2D eigenvalue weighted by Gasteiger charge is 2.07. The lowest BCUT2D eigenvalue weighted by molar-refractivity contribution is 0.474. The fraction of sp³-hybridized carbons (Fsp3) is 0.0625. The molecule has 2 aromatic carbocycles. The van der Waals surface area contributed by atoms with Gasteiger partial charge in [0, 0.05) is 16.2 Å². The van der Waals surface area contributed by atoms with E-state index >= 15 is 0 Å². The average molecular weight is 301 g/mol. The van der Waals surface area contributed by atoms with Crippen molar-refractivity contribution in [2.45, 2.75) is 10.6 Å². The highest BCUT2D eigenvalue weighted by Crippen LogP contribution is 2.27. The first kappa shape index (κ1) is 13.7. The van der Waals surface area contributed by atoms with Crippen molar-refractivity contribution >= 4 is 11.8 Å². The third-order valence-electron chi connectivity index (χ3n) is 2.85. The van der Waals surface area contributed by atoms with Gasteiger partial charge in [0.1, 0.15) is 17.8 Å². The van der Waals surface area contributed by atoms with E-state index in [0.717, 1.165) is 16.2 Å². The minimum atomic E-state index is -0.287. The van der Waals surface area contributed by atoms with Gasteiger partial charge in [-0.05, 0) is 42.5 Å². The van der Waals surface area contributed by atoms with Crippen molar-refractivity contribution in [2.24, 2.45) is 0 Å². The van der Waals surface area contributed by atoms with Gasteiger partial charge in [-0.25, -0.2) is 9.37 Å². The number of hydrogen-bond acceptors (Lipinski definition) is 4. The molecule has 0 saturated carbocycles. The highest BCUT2D eigenvalue weighted by molar-refractivity contribution is 7.98.